The molecule has 0 amide bonds. The van der Waals surface area contributed by atoms with Gasteiger partial charge >= 0.3 is 5.97 Å². The molecule has 0 heterocycles. The van der Waals surface area contributed by atoms with Crippen molar-refractivity contribution in [2.75, 3.05) is 0 Å². The van der Waals surface area contributed by atoms with Crippen molar-refractivity contribution in [2.24, 2.45) is 5.73 Å². The van der Waals surface area contributed by atoms with E-state index in [1.165, 1.54) is 6.92 Å². The van der Waals surface area contributed by atoms with Crippen molar-refractivity contribution in [3.63, 3.8) is 0 Å². The number of hydrogen-bond donors (Lipinski definition) is 2. The van der Waals surface area contributed by atoms with Gasteiger partial charge in [-0.05, 0) is 6.92 Å². The molecule has 1 atom stereocenters. The van der Waals surface area contributed by atoms with E-state index in [2.05, 4.69) is 0 Å². The highest BCUT2D eigenvalue weighted by Crippen LogP contribution is 1.68. The Hall–Kier alpha value is -0.570. The first-order valence-corrected chi connectivity index (χ1v) is 1.63. The van der Waals surface area contributed by atoms with Gasteiger partial charge in [-0.2, -0.15) is 0 Å². The molecule has 0 saturated carbocycles. The van der Waals surface area contributed by atoms with Crippen LogP contribution in [-0.4, -0.2) is 17.1 Å². The van der Waals surface area contributed by atoms with Gasteiger partial charge in [0.15, 0.2) is 0 Å². The molecule has 0 radical (unpaired) electrons. The molecule has 0 rings (SSSR count). The zero-order valence-electron chi connectivity index (χ0n) is 3.51. The third kappa shape index (κ3) is 1.72. The van der Waals surface area contributed by atoms with Crippen LogP contribution < -0.4 is 5.73 Å². The minimum Gasteiger partial charge on any atom is -0.480 e. The molecular formula is C3H7NO2. The fourth-order valence-electron chi connectivity index (χ4n) is 0. The highest BCUT2D eigenvalue weighted by molar-refractivity contribution is 5.72. The Bertz CT molecular complexity index is 59.8. The Labute approximate surface area is 35.8 Å². The maximum Gasteiger partial charge on any atom is 0.320 e. The first kappa shape index (κ1) is 5.43. The van der Waals surface area contributed by atoms with E-state index < -0.39 is 12.0 Å². The third-order valence-electron chi connectivity index (χ3n) is 0.390. The van der Waals surface area contributed by atoms with Crippen LogP contribution in [-0.2, 0) is 4.79 Å². The summed E-state index contributed by atoms with van der Waals surface area (Å²) in [7, 11) is 0. The molecule has 0 aromatic carbocycles. The Balaban J connectivity index is 3.26. The van der Waals surface area contributed by atoms with Gasteiger partial charge in [0.05, 0.1) is 0 Å². The van der Waals surface area contributed by atoms with Gasteiger partial charge < -0.3 is 10.8 Å². The molecule has 0 saturated heterocycles. The lowest BCUT2D eigenvalue weighted by Gasteiger charge is -1.90. The van der Waals surface area contributed by atoms with Crippen LogP contribution in [0.4, 0.5) is 0 Å². The van der Waals surface area contributed by atoms with Crippen LogP contribution >= 0.6 is 0 Å². The molecule has 6 heavy (non-hydrogen) atoms. The maximum atomic E-state index is 9.57. The Morgan fingerprint density at radius 1 is 2.00 bits per heavy atom. The fraction of sp³-hybridized carbons (Fsp3) is 0.667. The fourth-order valence-corrected chi connectivity index (χ4v) is 0. The quantitative estimate of drug-likeness (QED) is 0.458. The topological polar surface area (TPSA) is 63.3 Å². The summed E-state index contributed by atoms with van der Waals surface area (Å²) < 4.78 is 0. The molecule has 0 aliphatic heterocycles. The molecule has 0 unspecified atom stereocenters. The van der Waals surface area contributed by atoms with E-state index in [1.54, 1.807) is 0 Å². The SMILES string of the molecule is [14CH3][14C@@H](N)[14C](=O)O. The van der Waals surface area contributed by atoms with Crippen molar-refractivity contribution >= 4 is 5.97 Å². The van der Waals surface area contributed by atoms with Crippen molar-refractivity contribution < 1.29 is 9.90 Å². The molecule has 0 aromatic heterocycles. The molecule has 0 aliphatic rings. The van der Waals surface area contributed by atoms with Gasteiger partial charge in [0.1, 0.15) is 6.04 Å². The van der Waals surface area contributed by atoms with E-state index in [0.29, 0.717) is 0 Å². The van der Waals surface area contributed by atoms with Gasteiger partial charge in [-0.3, -0.25) is 4.79 Å². The molecule has 3 heteroatoms. The molecule has 0 fully saturated rings. The lowest BCUT2D eigenvalue weighted by Crippen LogP contribution is -2.25. The van der Waals surface area contributed by atoms with Crippen molar-refractivity contribution in [3.8, 4) is 0 Å². The van der Waals surface area contributed by atoms with Crippen LogP contribution in [0, 0.1) is 0 Å². The van der Waals surface area contributed by atoms with E-state index in [1.807, 2.05) is 0 Å². The van der Waals surface area contributed by atoms with Gasteiger partial charge in [0.25, 0.3) is 0 Å². The number of hydrogen-bond acceptors (Lipinski definition) is 2. The van der Waals surface area contributed by atoms with Gasteiger partial charge in [-0.25, -0.2) is 0 Å². The van der Waals surface area contributed by atoms with Crippen LogP contribution in [0.15, 0.2) is 0 Å². The lowest BCUT2D eigenvalue weighted by atomic mass is 12.2. The van der Waals surface area contributed by atoms with Gasteiger partial charge in [0, 0.05) is 0 Å². The first-order chi connectivity index (χ1) is 2.64. The van der Waals surface area contributed by atoms with E-state index in [9.17, 15) is 4.79 Å². The summed E-state index contributed by atoms with van der Waals surface area (Å²) in [4.78, 5) is 9.57. The number of aliphatic carboxylic acids is 1. The molecule has 3 N–H and O–H groups in total. The van der Waals surface area contributed by atoms with E-state index in [4.69, 9.17) is 10.8 Å². The Morgan fingerprint density at radius 3 is 2.17 bits per heavy atom. The number of rotatable bonds is 1. The molecule has 3 nitrogen and oxygen atoms in total. The van der Waals surface area contributed by atoms with Gasteiger partial charge in [0.2, 0.25) is 0 Å². The maximum absolute atomic E-state index is 9.57. The second-order valence-corrected chi connectivity index (χ2v) is 1.13. The average Bonchev–Trinajstić information content (AvgIpc) is 1.36. The predicted molar refractivity (Wildman–Crippen MR) is 21.3 cm³/mol. The number of carbonyl (C=O) groups is 1. The summed E-state index contributed by atoms with van der Waals surface area (Å²) in [5, 5.41) is 7.87. The van der Waals surface area contributed by atoms with Crippen molar-refractivity contribution in [1.82, 2.24) is 0 Å². The van der Waals surface area contributed by atoms with Crippen LogP contribution in [0.1, 0.15) is 6.92 Å². The summed E-state index contributed by atoms with van der Waals surface area (Å²) in [6.45, 7) is 1.42. The summed E-state index contributed by atoms with van der Waals surface area (Å²) in [5.74, 6) is -0.963. The summed E-state index contributed by atoms with van der Waals surface area (Å²) >= 11 is 0. The van der Waals surface area contributed by atoms with Gasteiger partial charge in [-0.15, -0.1) is 0 Å². The first-order valence-electron chi connectivity index (χ1n) is 1.63. The minimum absolute atomic E-state index is 0.731. The minimum atomic E-state index is -0.963. The van der Waals surface area contributed by atoms with Crippen LogP contribution in [0.2, 0.25) is 0 Å². The smallest absolute Gasteiger partial charge is 0.320 e. The summed E-state index contributed by atoms with van der Waals surface area (Å²) in [6, 6.07) is -0.731. The molecular weight excluding hydrogens is 88.0 g/mol. The van der Waals surface area contributed by atoms with E-state index >= 15 is 0 Å². The highest BCUT2D eigenvalue weighted by atomic mass is 16.7. The highest BCUT2D eigenvalue weighted by Gasteiger charge is 1.99. The Morgan fingerprint density at radius 2 is 2.17 bits per heavy atom. The zero-order chi connectivity index (χ0) is 5.15. The molecule has 0 bridgehead atoms. The standard InChI is InChI=1S/C3H7NO2/c1-2(4)3(5)6/h2H,4H2,1H3,(H,5,6)/t2-/m1/s1/i1+2,2+2,3+2. The van der Waals surface area contributed by atoms with E-state index in [0.717, 1.165) is 0 Å². The number of carboxylic acid groups (broad SMARTS) is 1. The largest absolute Gasteiger partial charge is 0.480 e. The average molecular weight is 95.1 g/mol. The second-order valence-electron chi connectivity index (χ2n) is 1.13. The van der Waals surface area contributed by atoms with Crippen LogP contribution in [0.3, 0.4) is 0 Å². The van der Waals surface area contributed by atoms with Crippen LogP contribution in [0.5, 0.6) is 0 Å². The molecule has 0 spiro atoms. The summed E-state index contributed by atoms with van der Waals surface area (Å²) in [5.41, 5.74) is 4.84. The third-order valence-corrected chi connectivity index (χ3v) is 0.390. The van der Waals surface area contributed by atoms with Crippen molar-refractivity contribution in [3.05, 3.63) is 0 Å². The second kappa shape index (κ2) is 1.77. The van der Waals surface area contributed by atoms with Crippen LogP contribution in [0.25, 0.3) is 0 Å². The molecule has 36 valence electrons. The van der Waals surface area contributed by atoms with Crippen molar-refractivity contribution in [1.29, 1.82) is 0 Å². The molecule has 0 aliphatic carbocycles. The predicted octanol–water partition coefficient (Wildman–Crippen LogP) is -0.582. The monoisotopic (exact) mass is 95.1 g/mol. The lowest BCUT2D eigenvalue weighted by molar-refractivity contribution is -0.138. The molecule has 0 aromatic rings. The normalized spacial score (nSPS) is 13.7. The zero-order valence-corrected chi connectivity index (χ0v) is 3.51. The van der Waals surface area contributed by atoms with Gasteiger partial charge in [-0.1, -0.05) is 0 Å². The van der Waals surface area contributed by atoms with E-state index in [-0.39, 0.29) is 0 Å². The Kier molecular flexibility index (Phi) is 1.60. The summed E-state index contributed by atoms with van der Waals surface area (Å²) in [6.07, 6.45) is 0. The number of nitrogens with two attached hydrogens (primary N) is 1. The van der Waals surface area contributed by atoms with Crippen molar-refractivity contribution in [2.45, 2.75) is 13.0 Å². The number of carboxylic acids is 1.